The molecule has 0 spiro atoms. The molecule has 0 bridgehead atoms. The molecule has 0 aliphatic heterocycles. The summed E-state index contributed by atoms with van der Waals surface area (Å²) in [6.07, 6.45) is -6.27. The third-order valence-corrected chi connectivity index (χ3v) is 1.11. The SMILES string of the molecule is O=C(O)CCCC(=O)C(F)(F)F. The van der Waals surface area contributed by atoms with Crippen molar-refractivity contribution in [1.29, 1.82) is 0 Å². The molecule has 6 heteroatoms. The van der Waals surface area contributed by atoms with Crippen molar-refractivity contribution in [2.45, 2.75) is 25.4 Å². The lowest BCUT2D eigenvalue weighted by molar-refractivity contribution is -0.171. The van der Waals surface area contributed by atoms with Crippen molar-refractivity contribution in [3.63, 3.8) is 0 Å². The van der Waals surface area contributed by atoms with E-state index < -0.39 is 30.8 Å². The Morgan fingerprint density at radius 3 is 2.00 bits per heavy atom. The summed E-state index contributed by atoms with van der Waals surface area (Å²) in [5.74, 6) is -3.08. The fourth-order valence-electron chi connectivity index (χ4n) is 0.542. The molecular weight excluding hydrogens is 177 g/mol. The van der Waals surface area contributed by atoms with E-state index in [4.69, 9.17) is 5.11 Å². The number of halogens is 3. The predicted molar refractivity (Wildman–Crippen MR) is 32.5 cm³/mol. The van der Waals surface area contributed by atoms with E-state index >= 15 is 0 Å². The number of Topliss-reactive ketones (excluding diaryl/α,β-unsaturated/α-hetero) is 1. The molecule has 0 aliphatic rings. The van der Waals surface area contributed by atoms with Crippen LogP contribution in [0.2, 0.25) is 0 Å². The predicted octanol–water partition coefficient (Wildman–Crippen LogP) is 1.37. The van der Waals surface area contributed by atoms with Gasteiger partial charge in [0.1, 0.15) is 0 Å². The van der Waals surface area contributed by atoms with Crippen LogP contribution in [0.4, 0.5) is 13.2 Å². The van der Waals surface area contributed by atoms with Crippen molar-refractivity contribution in [1.82, 2.24) is 0 Å². The number of carbonyl (C=O) groups is 2. The van der Waals surface area contributed by atoms with Crippen LogP contribution in [0, 0.1) is 0 Å². The summed E-state index contributed by atoms with van der Waals surface area (Å²) in [5.41, 5.74) is 0. The van der Waals surface area contributed by atoms with Gasteiger partial charge >= 0.3 is 12.1 Å². The van der Waals surface area contributed by atoms with Crippen LogP contribution in [0.25, 0.3) is 0 Å². The number of ketones is 1. The number of carboxylic acid groups (broad SMARTS) is 1. The van der Waals surface area contributed by atoms with Crippen molar-refractivity contribution >= 4 is 11.8 Å². The molecule has 0 unspecified atom stereocenters. The van der Waals surface area contributed by atoms with Crippen molar-refractivity contribution in [3.8, 4) is 0 Å². The van der Waals surface area contributed by atoms with E-state index in [1.54, 1.807) is 0 Å². The molecule has 3 nitrogen and oxygen atoms in total. The summed E-state index contributed by atoms with van der Waals surface area (Å²) in [6.45, 7) is 0. The Kier molecular flexibility index (Phi) is 3.72. The van der Waals surface area contributed by atoms with Crippen LogP contribution in [-0.4, -0.2) is 23.0 Å². The lowest BCUT2D eigenvalue weighted by Gasteiger charge is -2.02. The minimum Gasteiger partial charge on any atom is -0.481 e. The second-order valence-electron chi connectivity index (χ2n) is 2.17. The van der Waals surface area contributed by atoms with Gasteiger partial charge in [-0.25, -0.2) is 0 Å². The minimum absolute atomic E-state index is 0.270. The molecule has 0 aromatic carbocycles. The van der Waals surface area contributed by atoms with Crippen LogP contribution < -0.4 is 0 Å². The smallest absolute Gasteiger partial charge is 0.449 e. The Hall–Kier alpha value is -1.07. The van der Waals surface area contributed by atoms with E-state index in [9.17, 15) is 22.8 Å². The Bertz CT molecular complexity index is 185. The van der Waals surface area contributed by atoms with Crippen LogP contribution in [0.15, 0.2) is 0 Å². The van der Waals surface area contributed by atoms with Gasteiger partial charge in [0, 0.05) is 12.8 Å². The van der Waals surface area contributed by atoms with Gasteiger partial charge in [0.05, 0.1) is 0 Å². The normalized spacial score (nSPS) is 11.2. The van der Waals surface area contributed by atoms with Crippen molar-refractivity contribution < 1.29 is 27.9 Å². The number of carboxylic acids is 1. The van der Waals surface area contributed by atoms with Gasteiger partial charge in [-0.1, -0.05) is 0 Å². The Morgan fingerprint density at radius 2 is 1.67 bits per heavy atom. The monoisotopic (exact) mass is 184 g/mol. The second kappa shape index (κ2) is 4.08. The molecule has 0 saturated heterocycles. The molecule has 0 aromatic heterocycles. The molecule has 70 valence electrons. The quantitative estimate of drug-likeness (QED) is 0.717. The first-order valence-corrected chi connectivity index (χ1v) is 3.16. The van der Waals surface area contributed by atoms with Crippen LogP contribution in [-0.2, 0) is 9.59 Å². The molecule has 0 aromatic rings. The van der Waals surface area contributed by atoms with E-state index in [-0.39, 0.29) is 6.42 Å². The van der Waals surface area contributed by atoms with Crippen molar-refractivity contribution in [3.05, 3.63) is 0 Å². The molecule has 0 heterocycles. The Labute approximate surface area is 66.2 Å². The number of carbonyl (C=O) groups excluding carboxylic acids is 1. The van der Waals surface area contributed by atoms with Crippen LogP contribution in [0.1, 0.15) is 19.3 Å². The molecule has 0 saturated carbocycles. The standard InChI is InChI=1S/C6H7F3O3/c7-6(8,9)4(10)2-1-3-5(11)12/h1-3H2,(H,11,12). The van der Waals surface area contributed by atoms with Crippen LogP contribution in [0.3, 0.4) is 0 Å². The minimum atomic E-state index is -4.83. The highest BCUT2D eigenvalue weighted by molar-refractivity contribution is 5.84. The lowest BCUT2D eigenvalue weighted by atomic mass is 10.2. The third kappa shape index (κ3) is 4.70. The molecular formula is C6H7F3O3. The zero-order valence-electron chi connectivity index (χ0n) is 6.02. The maximum Gasteiger partial charge on any atom is 0.449 e. The van der Waals surface area contributed by atoms with Crippen LogP contribution >= 0.6 is 0 Å². The van der Waals surface area contributed by atoms with E-state index in [0.717, 1.165) is 0 Å². The molecule has 0 radical (unpaired) electrons. The first kappa shape index (κ1) is 10.9. The summed E-state index contributed by atoms with van der Waals surface area (Å²) in [5, 5.41) is 8.04. The average Bonchev–Trinajstić information content (AvgIpc) is 1.84. The van der Waals surface area contributed by atoms with Gasteiger partial charge in [0.25, 0.3) is 0 Å². The van der Waals surface area contributed by atoms with Gasteiger partial charge in [-0.05, 0) is 6.42 Å². The number of rotatable bonds is 4. The maximum atomic E-state index is 11.5. The fraction of sp³-hybridized carbons (Fsp3) is 0.667. The van der Waals surface area contributed by atoms with Gasteiger partial charge in [-0.15, -0.1) is 0 Å². The third-order valence-electron chi connectivity index (χ3n) is 1.11. The zero-order valence-corrected chi connectivity index (χ0v) is 6.02. The highest BCUT2D eigenvalue weighted by atomic mass is 19.4. The van der Waals surface area contributed by atoms with E-state index in [1.807, 2.05) is 0 Å². The number of hydrogen-bond donors (Lipinski definition) is 1. The topological polar surface area (TPSA) is 54.4 Å². The van der Waals surface area contributed by atoms with E-state index in [0.29, 0.717) is 0 Å². The maximum absolute atomic E-state index is 11.5. The second-order valence-corrected chi connectivity index (χ2v) is 2.17. The summed E-state index contributed by atoms with van der Waals surface area (Å²) in [4.78, 5) is 20.0. The molecule has 1 N–H and O–H groups in total. The van der Waals surface area contributed by atoms with E-state index in [2.05, 4.69) is 0 Å². The van der Waals surface area contributed by atoms with Gasteiger partial charge in [-0.3, -0.25) is 9.59 Å². The summed E-state index contributed by atoms with van der Waals surface area (Å²) in [6, 6.07) is 0. The number of hydrogen-bond acceptors (Lipinski definition) is 2. The highest BCUT2D eigenvalue weighted by Gasteiger charge is 2.37. The largest absolute Gasteiger partial charge is 0.481 e. The first-order valence-electron chi connectivity index (χ1n) is 3.16. The van der Waals surface area contributed by atoms with Gasteiger partial charge in [-0.2, -0.15) is 13.2 Å². The van der Waals surface area contributed by atoms with Crippen LogP contribution in [0.5, 0.6) is 0 Å². The lowest BCUT2D eigenvalue weighted by Crippen LogP contribution is -2.22. The van der Waals surface area contributed by atoms with Crippen molar-refractivity contribution in [2.24, 2.45) is 0 Å². The highest BCUT2D eigenvalue weighted by Crippen LogP contribution is 2.18. The molecule has 0 aliphatic carbocycles. The molecule has 0 rings (SSSR count). The Balaban J connectivity index is 3.66. The Morgan fingerprint density at radius 1 is 1.17 bits per heavy atom. The summed E-state index contributed by atoms with van der Waals surface area (Å²) < 4.78 is 34.4. The van der Waals surface area contributed by atoms with Gasteiger partial charge < -0.3 is 5.11 Å². The molecule has 0 atom stereocenters. The summed E-state index contributed by atoms with van der Waals surface area (Å²) >= 11 is 0. The fourth-order valence-corrected chi connectivity index (χ4v) is 0.542. The number of aliphatic carboxylic acids is 1. The molecule has 0 fully saturated rings. The molecule has 12 heavy (non-hydrogen) atoms. The van der Waals surface area contributed by atoms with Gasteiger partial charge in [0.15, 0.2) is 0 Å². The van der Waals surface area contributed by atoms with Gasteiger partial charge in [0.2, 0.25) is 5.78 Å². The molecule has 0 amide bonds. The summed E-state index contributed by atoms with van der Waals surface area (Å²) in [7, 11) is 0. The number of alkyl halides is 3. The van der Waals surface area contributed by atoms with E-state index in [1.165, 1.54) is 0 Å². The first-order chi connectivity index (χ1) is 5.34. The zero-order chi connectivity index (χ0) is 9.78. The van der Waals surface area contributed by atoms with Crippen molar-refractivity contribution in [2.75, 3.05) is 0 Å². The average molecular weight is 184 g/mol.